The van der Waals surface area contributed by atoms with Crippen molar-refractivity contribution in [2.45, 2.75) is 13.3 Å². The molecule has 0 fully saturated rings. The Kier molecular flexibility index (Phi) is 3.34. The molecule has 0 heterocycles. The molecule has 0 N–H and O–H groups in total. The molecular formula is C10H10O4. The van der Waals surface area contributed by atoms with Crippen molar-refractivity contribution in [2.24, 2.45) is 0 Å². The van der Waals surface area contributed by atoms with Gasteiger partial charge in [0.2, 0.25) is 0 Å². The first-order chi connectivity index (χ1) is 6.59. The molecule has 0 aromatic heterocycles. The van der Waals surface area contributed by atoms with Crippen molar-refractivity contribution >= 4 is 17.5 Å². The Morgan fingerprint density at radius 1 is 1.36 bits per heavy atom. The standard InChI is InChI=1S/C10H10O4/c1-7(11)14-5-4-8-6-9(12)2-3-10(8)13/h2-3,6H,4-5H2,1H3. The number of esters is 1. The van der Waals surface area contributed by atoms with Gasteiger partial charge < -0.3 is 4.74 Å². The predicted octanol–water partition coefficient (Wildman–Crippen LogP) is 0.574. The summed E-state index contributed by atoms with van der Waals surface area (Å²) < 4.78 is 4.66. The van der Waals surface area contributed by atoms with Gasteiger partial charge in [0, 0.05) is 18.9 Å². The summed E-state index contributed by atoms with van der Waals surface area (Å²) in [5.74, 6) is -0.796. The van der Waals surface area contributed by atoms with Gasteiger partial charge in [0.15, 0.2) is 11.6 Å². The lowest BCUT2D eigenvalue weighted by Crippen LogP contribution is -2.10. The molecule has 0 saturated heterocycles. The third kappa shape index (κ3) is 2.97. The lowest BCUT2D eigenvalue weighted by Gasteiger charge is -2.06. The van der Waals surface area contributed by atoms with E-state index in [1.807, 2.05) is 0 Å². The lowest BCUT2D eigenvalue weighted by atomic mass is 10.0. The highest BCUT2D eigenvalue weighted by atomic mass is 16.5. The fraction of sp³-hybridized carbons (Fsp3) is 0.300. The minimum absolute atomic E-state index is 0.133. The lowest BCUT2D eigenvalue weighted by molar-refractivity contribution is -0.141. The van der Waals surface area contributed by atoms with Crippen LogP contribution in [0.25, 0.3) is 0 Å². The van der Waals surface area contributed by atoms with Crippen LogP contribution in [0.1, 0.15) is 13.3 Å². The quantitative estimate of drug-likeness (QED) is 0.487. The van der Waals surface area contributed by atoms with Crippen LogP contribution >= 0.6 is 0 Å². The molecule has 0 aliphatic heterocycles. The van der Waals surface area contributed by atoms with E-state index in [4.69, 9.17) is 0 Å². The summed E-state index contributed by atoms with van der Waals surface area (Å²) >= 11 is 0. The molecule has 0 aromatic carbocycles. The Labute approximate surface area is 81.2 Å². The normalized spacial score (nSPS) is 15.4. The zero-order valence-electron chi connectivity index (χ0n) is 7.78. The van der Waals surface area contributed by atoms with E-state index in [1.165, 1.54) is 25.2 Å². The van der Waals surface area contributed by atoms with Crippen LogP contribution in [-0.4, -0.2) is 24.1 Å². The topological polar surface area (TPSA) is 60.4 Å². The fourth-order valence-electron chi connectivity index (χ4n) is 1.06. The number of carbonyl (C=O) groups is 3. The second-order valence-corrected chi connectivity index (χ2v) is 2.86. The van der Waals surface area contributed by atoms with Gasteiger partial charge in [0.05, 0.1) is 6.61 Å². The van der Waals surface area contributed by atoms with Crippen LogP contribution in [0.3, 0.4) is 0 Å². The highest BCUT2D eigenvalue weighted by Crippen LogP contribution is 2.09. The molecular weight excluding hydrogens is 184 g/mol. The molecule has 14 heavy (non-hydrogen) atoms. The van der Waals surface area contributed by atoms with Crippen molar-refractivity contribution < 1.29 is 19.1 Å². The van der Waals surface area contributed by atoms with E-state index >= 15 is 0 Å². The van der Waals surface area contributed by atoms with Crippen LogP contribution in [-0.2, 0) is 19.1 Å². The van der Waals surface area contributed by atoms with Gasteiger partial charge in [0.25, 0.3) is 0 Å². The number of hydrogen-bond acceptors (Lipinski definition) is 4. The smallest absolute Gasteiger partial charge is 0.302 e. The van der Waals surface area contributed by atoms with E-state index in [2.05, 4.69) is 4.74 Å². The summed E-state index contributed by atoms with van der Waals surface area (Å²) in [5.41, 5.74) is 0.388. The molecule has 1 aliphatic rings. The van der Waals surface area contributed by atoms with Gasteiger partial charge in [-0.2, -0.15) is 0 Å². The molecule has 4 heteroatoms. The van der Waals surface area contributed by atoms with Crippen LogP contribution in [0.2, 0.25) is 0 Å². The molecule has 0 unspecified atom stereocenters. The summed E-state index contributed by atoms with van der Waals surface area (Å²) in [4.78, 5) is 32.5. The zero-order chi connectivity index (χ0) is 10.6. The maximum absolute atomic E-state index is 11.2. The number of carbonyl (C=O) groups excluding carboxylic acids is 3. The minimum atomic E-state index is -0.393. The molecule has 0 aromatic rings. The van der Waals surface area contributed by atoms with Crippen LogP contribution < -0.4 is 0 Å². The summed E-state index contributed by atoms with van der Waals surface area (Å²) in [6.07, 6.45) is 4.00. The van der Waals surface area contributed by atoms with E-state index in [0.29, 0.717) is 5.57 Å². The molecule has 0 saturated carbocycles. The summed E-state index contributed by atoms with van der Waals surface area (Å²) in [6, 6.07) is 0. The fourth-order valence-corrected chi connectivity index (χ4v) is 1.06. The third-order valence-corrected chi connectivity index (χ3v) is 1.71. The Bertz CT molecular complexity index is 336. The third-order valence-electron chi connectivity index (χ3n) is 1.71. The Balaban J connectivity index is 2.48. The van der Waals surface area contributed by atoms with Crippen LogP contribution in [0.15, 0.2) is 23.8 Å². The molecule has 1 rings (SSSR count). The number of hydrogen-bond donors (Lipinski definition) is 0. The zero-order valence-corrected chi connectivity index (χ0v) is 7.78. The van der Waals surface area contributed by atoms with E-state index in [-0.39, 0.29) is 24.6 Å². The molecule has 4 nitrogen and oxygen atoms in total. The molecule has 0 amide bonds. The second kappa shape index (κ2) is 4.50. The minimum Gasteiger partial charge on any atom is -0.466 e. The van der Waals surface area contributed by atoms with Crippen molar-refractivity contribution in [3.63, 3.8) is 0 Å². The van der Waals surface area contributed by atoms with E-state index in [1.54, 1.807) is 0 Å². The van der Waals surface area contributed by atoms with Gasteiger partial charge in [-0.25, -0.2) is 0 Å². The van der Waals surface area contributed by atoms with Crippen molar-refractivity contribution in [1.29, 1.82) is 0 Å². The Morgan fingerprint density at radius 3 is 2.71 bits per heavy atom. The van der Waals surface area contributed by atoms with Crippen molar-refractivity contribution in [3.05, 3.63) is 23.8 Å². The van der Waals surface area contributed by atoms with Gasteiger partial charge in [-0.3, -0.25) is 14.4 Å². The van der Waals surface area contributed by atoms with Crippen LogP contribution in [0, 0.1) is 0 Å². The van der Waals surface area contributed by atoms with Gasteiger partial charge in [-0.1, -0.05) is 0 Å². The number of ketones is 2. The van der Waals surface area contributed by atoms with E-state index in [0.717, 1.165) is 0 Å². The molecule has 0 radical (unpaired) electrons. The van der Waals surface area contributed by atoms with Crippen LogP contribution in [0.4, 0.5) is 0 Å². The van der Waals surface area contributed by atoms with Crippen molar-refractivity contribution in [1.82, 2.24) is 0 Å². The van der Waals surface area contributed by atoms with Gasteiger partial charge in [-0.05, 0) is 18.2 Å². The SMILES string of the molecule is CC(=O)OCCC1=CC(=O)C=CC1=O. The Morgan fingerprint density at radius 2 is 2.07 bits per heavy atom. The molecule has 74 valence electrons. The molecule has 0 atom stereocenters. The first-order valence-corrected chi connectivity index (χ1v) is 4.20. The highest BCUT2D eigenvalue weighted by molar-refractivity contribution is 6.17. The summed E-state index contributed by atoms with van der Waals surface area (Å²) in [5, 5.41) is 0. The number of rotatable bonds is 3. The van der Waals surface area contributed by atoms with Crippen LogP contribution in [0.5, 0.6) is 0 Å². The van der Waals surface area contributed by atoms with E-state index < -0.39 is 5.97 Å². The van der Waals surface area contributed by atoms with Gasteiger partial charge in [0.1, 0.15) is 0 Å². The van der Waals surface area contributed by atoms with E-state index in [9.17, 15) is 14.4 Å². The maximum atomic E-state index is 11.2. The highest BCUT2D eigenvalue weighted by Gasteiger charge is 2.12. The molecule has 1 aliphatic carbocycles. The Hall–Kier alpha value is -1.71. The first kappa shape index (κ1) is 10.4. The first-order valence-electron chi connectivity index (χ1n) is 4.20. The predicted molar refractivity (Wildman–Crippen MR) is 48.5 cm³/mol. The molecule has 0 bridgehead atoms. The van der Waals surface area contributed by atoms with Gasteiger partial charge in [-0.15, -0.1) is 0 Å². The summed E-state index contributed by atoms with van der Waals surface area (Å²) in [6.45, 7) is 1.43. The monoisotopic (exact) mass is 194 g/mol. The second-order valence-electron chi connectivity index (χ2n) is 2.86. The maximum Gasteiger partial charge on any atom is 0.302 e. The van der Waals surface area contributed by atoms with Crippen molar-refractivity contribution in [3.8, 4) is 0 Å². The number of ether oxygens (including phenoxy) is 1. The van der Waals surface area contributed by atoms with Gasteiger partial charge >= 0.3 is 5.97 Å². The largest absolute Gasteiger partial charge is 0.466 e. The molecule has 0 spiro atoms. The average Bonchev–Trinajstić information content (AvgIpc) is 2.10. The summed E-state index contributed by atoms with van der Waals surface area (Å²) in [7, 11) is 0. The average molecular weight is 194 g/mol. The number of allylic oxidation sites excluding steroid dienone is 3. The van der Waals surface area contributed by atoms with Crippen molar-refractivity contribution in [2.75, 3.05) is 6.61 Å².